The van der Waals surface area contributed by atoms with Crippen LogP contribution >= 0.6 is 15.9 Å². The lowest BCUT2D eigenvalue weighted by Gasteiger charge is -2.07. The molecule has 0 bridgehead atoms. The van der Waals surface area contributed by atoms with E-state index in [1.807, 2.05) is 6.07 Å². The van der Waals surface area contributed by atoms with E-state index in [2.05, 4.69) is 22.9 Å². The molecule has 0 saturated heterocycles. The van der Waals surface area contributed by atoms with Crippen LogP contribution in [0, 0.1) is 10.1 Å². The Labute approximate surface area is 128 Å². The normalized spacial score (nSPS) is 10.5. The molecule has 5 heteroatoms. The zero-order chi connectivity index (χ0) is 14.8. The molecular formula is C15H22BrNO3. The van der Waals surface area contributed by atoms with Crippen LogP contribution in [0.15, 0.2) is 18.2 Å². The number of ether oxygens (including phenoxy) is 1. The van der Waals surface area contributed by atoms with Crippen LogP contribution in [0.3, 0.4) is 0 Å². The Morgan fingerprint density at radius 2 is 1.90 bits per heavy atom. The summed E-state index contributed by atoms with van der Waals surface area (Å²) in [6, 6.07) is 5.09. The van der Waals surface area contributed by atoms with Gasteiger partial charge in [-0.1, -0.05) is 61.0 Å². The molecule has 0 unspecified atom stereocenters. The lowest BCUT2D eigenvalue weighted by atomic mass is 10.1. The van der Waals surface area contributed by atoms with Crippen molar-refractivity contribution in [3.8, 4) is 5.75 Å². The van der Waals surface area contributed by atoms with Gasteiger partial charge in [0.1, 0.15) is 0 Å². The number of hydrogen-bond donors (Lipinski definition) is 0. The maximum atomic E-state index is 11.0. The van der Waals surface area contributed by atoms with Crippen LogP contribution in [0.5, 0.6) is 5.75 Å². The van der Waals surface area contributed by atoms with Crippen LogP contribution in [-0.4, -0.2) is 11.5 Å². The van der Waals surface area contributed by atoms with Crippen molar-refractivity contribution >= 4 is 21.6 Å². The van der Waals surface area contributed by atoms with E-state index in [4.69, 9.17) is 4.74 Å². The molecule has 0 aromatic heterocycles. The first kappa shape index (κ1) is 17.0. The molecule has 0 fully saturated rings. The zero-order valence-corrected chi connectivity index (χ0v) is 13.5. The number of nitro groups is 1. The molecular weight excluding hydrogens is 322 g/mol. The summed E-state index contributed by atoms with van der Waals surface area (Å²) >= 11 is 3.30. The van der Waals surface area contributed by atoms with E-state index < -0.39 is 0 Å². The molecule has 0 aliphatic heterocycles. The van der Waals surface area contributed by atoms with Gasteiger partial charge in [-0.2, -0.15) is 0 Å². The van der Waals surface area contributed by atoms with Gasteiger partial charge < -0.3 is 4.74 Å². The Morgan fingerprint density at radius 1 is 1.20 bits per heavy atom. The van der Waals surface area contributed by atoms with Crippen molar-refractivity contribution in [1.29, 1.82) is 0 Å². The van der Waals surface area contributed by atoms with Crippen molar-refractivity contribution in [3.63, 3.8) is 0 Å². The second-order valence-corrected chi connectivity index (χ2v) is 5.37. The summed E-state index contributed by atoms with van der Waals surface area (Å²) in [6.45, 7) is 2.74. The van der Waals surface area contributed by atoms with Crippen LogP contribution in [0.4, 0.5) is 5.69 Å². The monoisotopic (exact) mass is 343 g/mol. The third-order valence-electron chi connectivity index (χ3n) is 3.13. The largest absolute Gasteiger partial charge is 0.487 e. The number of halogens is 1. The Kier molecular flexibility index (Phi) is 8.26. The number of nitrogens with zero attached hydrogens (tertiary/aromatic N) is 1. The Morgan fingerprint density at radius 3 is 2.55 bits per heavy atom. The second kappa shape index (κ2) is 9.75. The molecule has 20 heavy (non-hydrogen) atoms. The third-order valence-corrected chi connectivity index (χ3v) is 3.78. The molecule has 0 N–H and O–H groups in total. The molecule has 0 radical (unpaired) electrons. The number of hydrogen-bond acceptors (Lipinski definition) is 3. The quantitative estimate of drug-likeness (QED) is 0.253. The first-order valence-corrected chi connectivity index (χ1v) is 8.27. The predicted molar refractivity (Wildman–Crippen MR) is 84.6 cm³/mol. The van der Waals surface area contributed by atoms with Gasteiger partial charge in [0.2, 0.25) is 0 Å². The minimum Gasteiger partial charge on any atom is -0.487 e. The molecule has 1 rings (SSSR count). The number of alkyl halides is 1. The van der Waals surface area contributed by atoms with Crippen molar-refractivity contribution in [2.24, 2.45) is 0 Å². The minimum absolute atomic E-state index is 0.0490. The van der Waals surface area contributed by atoms with Crippen LogP contribution < -0.4 is 4.74 Å². The maximum absolute atomic E-state index is 11.0. The number of rotatable bonds is 10. The molecule has 0 amide bonds. The summed E-state index contributed by atoms with van der Waals surface area (Å²) in [7, 11) is 0. The van der Waals surface area contributed by atoms with Crippen LogP contribution in [0.25, 0.3) is 0 Å². The van der Waals surface area contributed by atoms with E-state index in [0.717, 1.165) is 18.4 Å². The van der Waals surface area contributed by atoms with Gasteiger partial charge in [-0.15, -0.1) is 0 Å². The lowest BCUT2D eigenvalue weighted by Crippen LogP contribution is -2.01. The van der Waals surface area contributed by atoms with E-state index in [1.54, 1.807) is 12.1 Å². The van der Waals surface area contributed by atoms with Crippen molar-refractivity contribution < 1.29 is 9.66 Å². The average molecular weight is 344 g/mol. The molecule has 0 heterocycles. The Balaban J connectivity index is 2.41. The number of unbranched alkanes of at least 4 members (excludes halogenated alkanes) is 5. The molecule has 1 aromatic carbocycles. The van der Waals surface area contributed by atoms with Crippen molar-refractivity contribution in [2.75, 3.05) is 6.61 Å². The van der Waals surface area contributed by atoms with E-state index >= 15 is 0 Å². The predicted octanol–water partition coefficient (Wildman–Crippen LogP) is 5.23. The van der Waals surface area contributed by atoms with Gasteiger partial charge in [0.25, 0.3) is 0 Å². The first-order valence-electron chi connectivity index (χ1n) is 7.15. The number of nitro benzene ring substituents is 1. The summed E-state index contributed by atoms with van der Waals surface area (Å²) < 4.78 is 5.55. The van der Waals surface area contributed by atoms with Crippen LogP contribution in [0.1, 0.15) is 51.0 Å². The molecule has 0 spiro atoms. The highest BCUT2D eigenvalue weighted by Crippen LogP contribution is 2.29. The second-order valence-electron chi connectivity index (χ2n) is 4.81. The van der Waals surface area contributed by atoms with Gasteiger partial charge in [-0.25, -0.2) is 0 Å². The van der Waals surface area contributed by atoms with E-state index in [9.17, 15) is 10.1 Å². The van der Waals surface area contributed by atoms with Gasteiger partial charge in [0.05, 0.1) is 11.5 Å². The Hall–Kier alpha value is -1.10. The fourth-order valence-corrected chi connectivity index (χ4v) is 2.32. The topological polar surface area (TPSA) is 52.4 Å². The molecule has 0 saturated carbocycles. The van der Waals surface area contributed by atoms with E-state index in [0.29, 0.717) is 17.7 Å². The first-order chi connectivity index (χ1) is 9.69. The van der Waals surface area contributed by atoms with E-state index in [1.165, 1.54) is 25.7 Å². The summed E-state index contributed by atoms with van der Waals surface area (Å²) in [5, 5.41) is 11.6. The maximum Gasteiger partial charge on any atom is 0.311 e. The van der Waals surface area contributed by atoms with Crippen LogP contribution in [-0.2, 0) is 5.33 Å². The van der Waals surface area contributed by atoms with Gasteiger partial charge in [0.15, 0.2) is 5.75 Å². The third kappa shape index (κ3) is 5.90. The smallest absolute Gasteiger partial charge is 0.311 e. The highest BCUT2D eigenvalue weighted by Gasteiger charge is 2.15. The average Bonchev–Trinajstić information content (AvgIpc) is 2.46. The van der Waals surface area contributed by atoms with Gasteiger partial charge in [0, 0.05) is 11.4 Å². The van der Waals surface area contributed by atoms with Gasteiger partial charge in [-0.3, -0.25) is 10.1 Å². The van der Waals surface area contributed by atoms with Crippen molar-refractivity contribution in [3.05, 3.63) is 33.9 Å². The molecule has 4 nitrogen and oxygen atoms in total. The van der Waals surface area contributed by atoms with E-state index in [-0.39, 0.29) is 10.6 Å². The highest BCUT2D eigenvalue weighted by atomic mass is 79.9. The summed E-state index contributed by atoms with van der Waals surface area (Å²) in [5.74, 6) is 0.369. The van der Waals surface area contributed by atoms with Crippen molar-refractivity contribution in [1.82, 2.24) is 0 Å². The SMILES string of the molecule is CCCCCCCCOc1ccc(CBr)cc1[N+](=O)[O-]. The molecule has 0 aliphatic rings. The fourth-order valence-electron chi connectivity index (χ4n) is 1.98. The summed E-state index contributed by atoms with van der Waals surface area (Å²) in [4.78, 5) is 10.6. The van der Waals surface area contributed by atoms with Gasteiger partial charge >= 0.3 is 5.69 Å². The highest BCUT2D eigenvalue weighted by molar-refractivity contribution is 9.08. The fraction of sp³-hybridized carbons (Fsp3) is 0.600. The molecule has 0 aliphatic carbocycles. The van der Waals surface area contributed by atoms with Crippen molar-refractivity contribution in [2.45, 2.75) is 50.8 Å². The summed E-state index contributed by atoms with van der Waals surface area (Å²) in [6.07, 6.45) is 7.05. The zero-order valence-electron chi connectivity index (χ0n) is 11.9. The van der Waals surface area contributed by atoms with Gasteiger partial charge in [-0.05, 0) is 18.1 Å². The molecule has 1 aromatic rings. The lowest BCUT2D eigenvalue weighted by molar-refractivity contribution is -0.385. The standard InChI is InChI=1S/C15H22BrNO3/c1-2-3-4-5-6-7-10-20-15-9-8-13(12-16)11-14(15)17(18)19/h8-9,11H,2-7,10,12H2,1H3. The van der Waals surface area contributed by atoms with Crippen LogP contribution in [0.2, 0.25) is 0 Å². The summed E-state index contributed by atoms with van der Waals surface area (Å²) in [5.41, 5.74) is 0.927. The molecule has 112 valence electrons. The number of benzene rings is 1. The molecule has 0 atom stereocenters. The minimum atomic E-state index is -0.386. The Bertz CT molecular complexity index is 424.